The lowest BCUT2D eigenvalue weighted by molar-refractivity contribution is -0.142. The lowest BCUT2D eigenvalue weighted by atomic mass is 9.86. The number of nitrogens with one attached hydrogen (secondary N) is 4. The van der Waals surface area contributed by atoms with Crippen molar-refractivity contribution in [3.05, 3.63) is 64.3 Å². The van der Waals surface area contributed by atoms with Gasteiger partial charge in [-0.15, -0.1) is 0 Å². The highest BCUT2D eigenvalue weighted by atomic mass is 16.4. The van der Waals surface area contributed by atoms with E-state index in [4.69, 9.17) is 16.9 Å². The third-order valence-electron chi connectivity index (χ3n) is 6.19. The van der Waals surface area contributed by atoms with Crippen LogP contribution in [0.3, 0.4) is 0 Å². The third-order valence-corrected chi connectivity index (χ3v) is 6.19. The quantitative estimate of drug-likeness (QED) is 0.123. The lowest BCUT2D eigenvalue weighted by Gasteiger charge is -2.26. The van der Waals surface area contributed by atoms with Crippen molar-refractivity contribution in [1.29, 1.82) is 5.41 Å². The SMILES string of the molecule is N=C(N)CCCNC(=O)c1[nH]c2cc(C3(C(=O)O)Cc4cc(C(=O)O)ccc4N3)ccc2c1C(N)=O. The first kappa shape index (κ1) is 24.3. The minimum Gasteiger partial charge on any atom is -0.479 e. The largest absolute Gasteiger partial charge is 0.479 e. The van der Waals surface area contributed by atoms with Gasteiger partial charge in [-0.2, -0.15) is 0 Å². The van der Waals surface area contributed by atoms with E-state index in [0.29, 0.717) is 40.6 Å². The van der Waals surface area contributed by atoms with E-state index in [1.807, 2.05) is 0 Å². The van der Waals surface area contributed by atoms with E-state index in [0.717, 1.165) is 0 Å². The molecule has 0 aliphatic carbocycles. The standard InChI is InChI=1S/C24H24N6O6/c25-17(26)2-1-7-28-21(32)19-18(20(27)31)14-5-4-13(9-16(14)29-19)24(23(35)36)10-12-8-11(22(33)34)3-6-15(12)30-24/h3-6,8-9,29-30H,1-2,7,10H2,(H3,25,26)(H2,27,31)(H,28,32)(H,33,34)(H,35,36). The molecule has 0 saturated heterocycles. The fraction of sp³-hybridized carbons (Fsp3) is 0.208. The molecule has 0 saturated carbocycles. The minimum atomic E-state index is -1.60. The van der Waals surface area contributed by atoms with Crippen LogP contribution in [0.25, 0.3) is 10.9 Å². The van der Waals surface area contributed by atoms with Gasteiger partial charge < -0.3 is 37.3 Å². The van der Waals surface area contributed by atoms with Gasteiger partial charge in [0.05, 0.1) is 17.0 Å². The number of aromatic carboxylic acids is 1. The minimum absolute atomic E-state index is 0.00516. The Morgan fingerprint density at radius 3 is 2.47 bits per heavy atom. The number of aromatic amines is 1. The van der Waals surface area contributed by atoms with Gasteiger partial charge in [0.1, 0.15) is 5.69 Å². The zero-order valence-corrected chi connectivity index (χ0v) is 19.0. The first-order valence-electron chi connectivity index (χ1n) is 11.0. The number of amidine groups is 1. The number of aromatic nitrogens is 1. The van der Waals surface area contributed by atoms with Gasteiger partial charge in [0.2, 0.25) is 0 Å². The molecule has 1 aliphatic heterocycles. The summed E-state index contributed by atoms with van der Waals surface area (Å²) in [5.41, 5.74) is 10.9. The maximum Gasteiger partial charge on any atom is 0.335 e. The maximum absolute atomic E-state index is 12.7. The molecule has 1 aromatic heterocycles. The number of H-pyrrole nitrogens is 1. The second-order valence-corrected chi connectivity index (χ2v) is 8.57. The van der Waals surface area contributed by atoms with Gasteiger partial charge in [-0.05, 0) is 41.8 Å². The number of benzene rings is 2. The molecule has 1 aliphatic rings. The lowest BCUT2D eigenvalue weighted by Crippen LogP contribution is -2.41. The normalized spacial score (nSPS) is 16.2. The molecular formula is C24H24N6O6. The zero-order valence-electron chi connectivity index (χ0n) is 19.0. The summed E-state index contributed by atoms with van der Waals surface area (Å²) >= 11 is 0. The van der Waals surface area contributed by atoms with Gasteiger partial charge in [-0.3, -0.25) is 15.0 Å². The Kier molecular flexibility index (Phi) is 6.10. The van der Waals surface area contributed by atoms with Crippen molar-refractivity contribution in [3.8, 4) is 0 Å². The molecule has 2 aromatic carbocycles. The van der Waals surface area contributed by atoms with Gasteiger partial charge in [-0.1, -0.05) is 12.1 Å². The van der Waals surface area contributed by atoms with Crippen molar-refractivity contribution in [3.63, 3.8) is 0 Å². The van der Waals surface area contributed by atoms with E-state index in [-0.39, 0.29) is 35.6 Å². The third kappa shape index (κ3) is 4.19. The van der Waals surface area contributed by atoms with Crippen LogP contribution in [0.4, 0.5) is 5.69 Å². The first-order valence-corrected chi connectivity index (χ1v) is 11.0. The molecular weight excluding hydrogens is 468 g/mol. The summed E-state index contributed by atoms with van der Waals surface area (Å²) in [4.78, 5) is 51.6. The van der Waals surface area contributed by atoms with Crippen LogP contribution in [0, 0.1) is 5.41 Å². The molecule has 1 unspecified atom stereocenters. The summed E-state index contributed by atoms with van der Waals surface area (Å²) in [6.45, 7) is 0.222. The van der Waals surface area contributed by atoms with Gasteiger partial charge in [0.15, 0.2) is 5.54 Å². The molecule has 0 fully saturated rings. The van der Waals surface area contributed by atoms with E-state index >= 15 is 0 Å². The van der Waals surface area contributed by atoms with Crippen LogP contribution in [0.5, 0.6) is 0 Å². The number of aliphatic carboxylic acids is 1. The number of nitrogens with two attached hydrogens (primary N) is 2. The van der Waals surface area contributed by atoms with Crippen molar-refractivity contribution >= 4 is 46.2 Å². The van der Waals surface area contributed by atoms with E-state index < -0.39 is 29.3 Å². The monoisotopic (exact) mass is 492 g/mol. The first-order chi connectivity index (χ1) is 17.0. The summed E-state index contributed by atoms with van der Waals surface area (Å²) in [5, 5.41) is 32.7. The topological polar surface area (TPSA) is 224 Å². The van der Waals surface area contributed by atoms with E-state index in [1.165, 1.54) is 36.4 Å². The van der Waals surface area contributed by atoms with Crippen LogP contribution in [-0.4, -0.2) is 51.3 Å². The molecule has 12 heteroatoms. The average molecular weight is 492 g/mol. The molecule has 4 rings (SSSR count). The zero-order chi connectivity index (χ0) is 26.2. The fourth-order valence-corrected chi connectivity index (χ4v) is 4.44. The number of carbonyl (C=O) groups excluding carboxylic acids is 2. The Hall–Kier alpha value is -4.87. The summed E-state index contributed by atoms with van der Waals surface area (Å²) in [6, 6.07) is 8.92. The van der Waals surface area contributed by atoms with Crippen LogP contribution < -0.4 is 22.1 Å². The molecule has 2 amide bonds. The fourth-order valence-electron chi connectivity index (χ4n) is 4.44. The number of fused-ring (bicyclic) bond motifs is 2. The predicted molar refractivity (Wildman–Crippen MR) is 130 cm³/mol. The highest BCUT2D eigenvalue weighted by Gasteiger charge is 2.46. The number of anilines is 1. The summed E-state index contributed by atoms with van der Waals surface area (Å²) in [7, 11) is 0. The van der Waals surface area contributed by atoms with Gasteiger partial charge in [-0.25, -0.2) is 9.59 Å². The van der Waals surface area contributed by atoms with Crippen LogP contribution in [0.15, 0.2) is 36.4 Å². The Balaban J connectivity index is 1.71. The van der Waals surface area contributed by atoms with Crippen molar-refractivity contribution in [2.24, 2.45) is 11.5 Å². The number of carboxylic acid groups (broad SMARTS) is 2. The summed E-state index contributed by atoms with van der Waals surface area (Å²) < 4.78 is 0. The predicted octanol–water partition coefficient (Wildman–Crippen LogP) is 1.36. The number of rotatable bonds is 9. The Bertz CT molecular complexity index is 1440. The van der Waals surface area contributed by atoms with Crippen LogP contribution in [0.1, 0.15) is 55.2 Å². The summed E-state index contributed by atoms with van der Waals surface area (Å²) in [6.07, 6.45) is 0.727. The number of carboxylic acids is 2. The van der Waals surface area contributed by atoms with Gasteiger partial charge in [0, 0.05) is 36.0 Å². The number of amides is 2. The second-order valence-electron chi connectivity index (χ2n) is 8.57. The molecule has 1 atom stereocenters. The molecule has 2 heterocycles. The van der Waals surface area contributed by atoms with Gasteiger partial charge >= 0.3 is 11.9 Å². The van der Waals surface area contributed by atoms with Crippen molar-refractivity contribution in [2.75, 3.05) is 11.9 Å². The van der Waals surface area contributed by atoms with Gasteiger partial charge in [0.25, 0.3) is 11.8 Å². The molecule has 3 aromatic rings. The smallest absolute Gasteiger partial charge is 0.335 e. The molecule has 36 heavy (non-hydrogen) atoms. The highest BCUT2D eigenvalue weighted by molar-refractivity contribution is 6.15. The van der Waals surface area contributed by atoms with Crippen LogP contribution in [-0.2, 0) is 16.8 Å². The molecule has 0 radical (unpaired) electrons. The Labute approximate surface area is 204 Å². The number of hydrogen-bond donors (Lipinski definition) is 8. The Morgan fingerprint density at radius 2 is 1.83 bits per heavy atom. The average Bonchev–Trinajstić information content (AvgIpc) is 3.40. The molecule has 0 bridgehead atoms. The summed E-state index contributed by atoms with van der Waals surface area (Å²) in [5.74, 6) is -3.71. The second kappa shape index (κ2) is 9.06. The molecule has 0 spiro atoms. The number of hydrogen-bond acceptors (Lipinski definition) is 6. The van der Waals surface area contributed by atoms with E-state index in [1.54, 1.807) is 0 Å². The van der Waals surface area contributed by atoms with E-state index in [9.17, 15) is 29.4 Å². The van der Waals surface area contributed by atoms with Crippen molar-refractivity contribution in [2.45, 2.75) is 24.8 Å². The highest BCUT2D eigenvalue weighted by Crippen LogP contribution is 2.41. The Morgan fingerprint density at radius 1 is 1.08 bits per heavy atom. The maximum atomic E-state index is 12.7. The molecule has 12 nitrogen and oxygen atoms in total. The van der Waals surface area contributed by atoms with Crippen molar-refractivity contribution < 1.29 is 29.4 Å². The van der Waals surface area contributed by atoms with Crippen LogP contribution >= 0.6 is 0 Å². The van der Waals surface area contributed by atoms with Crippen molar-refractivity contribution in [1.82, 2.24) is 10.3 Å². The van der Waals surface area contributed by atoms with Crippen LogP contribution in [0.2, 0.25) is 0 Å². The van der Waals surface area contributed by atoms with E-state index in [2.05, 4.69) is 15.6 Å². The number of primary amides is 1. The molecule has 186 valence electrons. The molecule has 10 N–H and O–H groups in total. The number of carbonyl (C=O) groups is 4.